The van der Waals surface area contributed by atoms with Gasteiger partial charge in [0.05, 0.1) is 33.1 Å². The van der Waals surface area contributed by atoms with Crippen molar-refractivity contribution >= 4 is 77.6 Å². The van der Waals surface area contributed by atoms with Gasteiger partial charge < -0.3 is 8.80 Å². The average Bonchev–Trinajstić information content (AvgIpc) is 3.57. The van der Waals surface area contributed by atoms with E-state index >= 15 is 0 Å². The van der Waals surface area contributed by atoms with E-state index in [9.17, 15) is 0 Å². The minimum atomic E-state index is 0.285. The molecule has 0 fully saturated rings. The van der Waals surface area contributed by atoms with Gasteiger partial charge in [-0.3, -0.25) is 0 Å². The number of benzene rings is 6. The summed E-state index contributed by atoms with van der Waals surface area (Å²) < 4.78 is 5.02. The third kappa shape index (κ3) is 2.41. The van der Waals surface area contributed by atoms with Crippen LogP contribution >= 0.6 is 0 Å². The largest absolute Gasteiger partial charge is 0.305 e. The number of hydrogen-bond donors (Lipinski definition) is 0. The van der Waals surface area contributed by atoms with Crippen molar-refractivity contribution in [2.45, 2.75) is 11.8 Å². The molecule has 3 aromatic heterocycles. The molecular weight excluding hydrogens is 508 g/mol. The van der Waals surface area contributed by atoms with Gasteiger partial charge in [-0.05, 0) is 57.3 Å². The van der Waals surface area contributed by atoms with Gasteiger partial charge in [0.1, 0.15) is 0 Å². The number of fused-ring (bicyclic) bond motifs is 8. The van der Waals surface area contributed by atoms with E-state index in [1.54, 1.807) is 0 Å². The van der Waals surface area contributed by atoms with E-state index in [0.29, 0.717) is 5.92 Å². The van der Waals surface area contributed by atoms with Crippen LogP contribution in [0.2, 0.25) is 0 Å². The lowest BCUT2D eigenvalue weighted by molar-refractivity contribution is 0.736. The molecule has 0 saturated carbocycles. The van der Waals surface area contributed by atoms with Crippen molar-refractivity contribution in [1.29, 1.82) is 0 Å². The summed E-state index contributed by atoms with van der Waals surface area (Å²) in [6, 6.07) is 40.9. The van der Waals surface area contributed by atoms with Crippen molar-refractivity contribution in [3.8, 4) is 0 Å². The summed E-state index contributed by atoms with van der Waals surface area (Å²) in [6.45, 7) is 0. The number of rotatable bonds is 1. The number of allylic oxidation sites excluding steroid dienone is 2. The Morgan fingerprint density at radius 2 is 1.12 bits per heavy atom. The molecule has 0 amide bonds. The lowest BCUT2D eigenvalue weighted by atomic mass is 9.71. The molecule has 0 spiro atoms. The predicted molar refractivity (Wildman–Crippen MR) is 177 cm³/mol. The molecule has 0 bridgehead atoms. The number of aromatic nitrogens is 2. The van der Waals surface area contributed by atoms with Crippen LogP contribution in [0, 0.1) is 0 Å². The third-order valence-electron chi connectivity index (χ3n) is 10.2. The monoisotopic (exact) mass is 532 g/mol. The van der Waals surface area contributed by atoms with Gasteiger partial charge in [0.15, 0.2) is 0 Å². The van der Waals surface area contributed by atoms with Crippen LogP contribution in [0.25, 0.3) is 77.6 Å². The van der Waals surface area contributed by atoms with E-state index in [-0.39, 0.29) is 5.92 Å². The van der Waals surface area contributed by atoms with Crippen molar-refractivity contribution in [3.63, 3.8) is 0 Å². The number of para-hydroxylation sites is 3. The topological polar surface area (TPSA) is 8.82 Å². The van der Waals surface area contributed by atoms with Gasteiger partial charge in [0, 0.05) is 33.4 Å². The summed E-state index contributed by atoms with van der Waals surface area (Å²) in [5.41, 5.74) is 13.2. The highest BCUT2D eigenvalue weighted by Crippen LogP contribution is 2.49. The van der Waals surface area contributed by atoms with Crippen LogP contribution in [0.5, 0.6) is 0 Å². The first-order chi connectivity index (χ1) is 20.8. The second-order valence-electron chi connectivity index (χ2n) is 12.1. The Hall–Kier alpha value is -5.34. The van der Waals surface area contributed by atoms with Crippen LogP contribution in [0.15, 0.2) is 121 Å². The summed E-state index contributed by atoms with van der Waals surface area (Å²) in [6.07, 6.45) is 9.57. The minimum absolute atomic E-state index is 0.285. The molecule has 2 atom stereocenters. The highest BCUT2D eigenvalue weighted by atomic mass is 15.0. The van der Waals surface area contributed by atoms with E-state index in [2.05, 4.69) is 142 Å². The molecule has 9 aromatic rings. The molecule has 2 aliphatic rings. The maximum atomic E-state index is 2.54. The zero-order valence-electron chi connectivity index (χ0n) is 22.8. The molecule has 11 rings (SSSR count). The predicted octanol–water partition coefficient (Wildman–Crippen LogP) is 10.3. The molecule has 2 nitrogen and oxygen atoms in total. The van der Waals surface area contributed by atoms with Gasteiger partial charge in [0.25, 0.3) is 0 Å². The summed E-state index contributed by atoms with van der Waals surface area (Å²) in [5, 5.41) is 8.00. The maximum Gasteiger partial charge on any atom is 0.0783 e. The second kappa shape index (κ2) is 7.29. The maximum absolute atomic E-state index is 2.54. The van der Waals surface area contributed by atoms with Gasteiger partial charge in [-0.1, -0.05) is 109 Å². The third-order valence-corrected chi connectivity index (χ3v) is 10.2. The van der Waals surface area contributed by atoms with Crippen LogP contribution < -0.4 is 0 Å². The van der Waals surface area contributed by atoms with E-state index in [1.807, 2.05) is 0 Å². The molecule has 0 N–H and O–H groups in total. The van der Waals surface area contributed by atoms with E-state index in [1.165, 1.54) is 87.7 Å². The molecule has 3 heterocycles. The number of hydrogen-bond acceptors (Lipinski definition) is 0. The first kappa shape index (κ1) is 21.4. The molecule has 194 valence electrons. The molecule has 0 radical (unpaired) electrons. The standard InChI is InChI=1S/C40H24N2/c1-2-11-33-28(8-1)31-9-4-13-35-39(31)41(33)34-12-5-10-32-29-20-18-26(22-36(29)42(35)40(32)34)27-19-16-25-15-14-23-6-3-7-24-17-21-30(27)38(25)37(23)24/h1-22,27,30H. The highest BCUT2D eigenvalue weighted by Gasteiger charge is 2.30. The molecule has 0 saturated heterocycles. The minimum Gasteiger partial charge on any atom is -0.305 e. The normalized spacial score (nSPS) is 17.8. The Morgan fingerprint density at radius 1 is 0.452 bits per heavy atom. The quantitative estimate of drug-likeness (QED) is 0.186. The van der Waals surface area contributed by atoms with Gasteiger partial charge >= 0.3 is 0 Å². The van der Waals surface area contributed by atoms with Gasteiger partial charge in [0.2, 0.25) is 0 Å². The average molecular weight is 533 g/mol. The first-order valence-electron chi connectivity index (χ1n) is 14.9. The Kier molecular flexibility index (Phi) is 3.72. The van der Waals surface area contributed by atoms with Crippen molar-refractivity contribution in [3.05, 3.63) is 144 Å². The van der Waals surface area contributed by atoms with E-state index < -0.39 is 0 Å². The SMILES string of the molecule is C1=CC(c2ccc3c4cccc5c4n(c3c2)c2cccc3c4ccccc4n5c32)C2C=Cc3cccc4ccc1c2c34. The van der Waals surface area contributed by atoms with Gasteiger partial charge in [-0.25, -0.2) is 0 Å². The van der Waals surface area contributed by atoms with Crippen molar-refractivity contribution < 1.29 is 0 Å². The molecule has 2 aliphatic carbocycles. The van der Waals surface area contributed by atoms with Crippen LogP contribution in [-0.4, -0.2) is 8.80 Å². The lowest BCUT2D eigenvalue weighted by Crippen LogP contribution is -2.15. The smallest absolute Gasteiger partial charge is 0.0783 e. The van der Waals surface area contributed by atoms with Crippen molar-refractivity contribution in [2.24, 2.45) is 0 Å². The Morgan fingerprint density at radius 3 is 1.98 bits per heavy atom. The zero-order valence-corrected chi connectivity index (χ0v) is 22.8. The lowest BCUT2D eigenvalue weighted by Gasteiger charge is -2.32. The van der Waals surface area contributed by atoms with Crippen molar-refractivity contribution in [1.82, 2.24) is 8.80 Å². The fraction of sp³-hybridized carbons (Fsp3) is 0.0500. The number of nitrogens with zero attached hydrogens (tertiary/aromatic N) is 2. The van der Waals surface area contributed by atoms with E-state index in [4.69, 9.17) is 0 Å². The molecular formula is C40H24N2. The Labute approximate surface area is 241 Å². The van der Waals surface area contributed by atoms with Crippen LogP contribution in [0.3, 0.4) is 0 Å². The van der Waals surface area contributed by atoms with Crippen LogP contribution in [0.1, 0.15) is 34.1 Å². The fourth-order valence-corrected chi connectivity index (χ4v) is 8.48. The van der Waals surface area contributed by atoms with Crippen LogP contribution in [-0.2, 0) is 0 Å². The summed E-state index contributed by atoms with van der Waals surface area (Å²) in [7, 11) is 0. The molecule has 2 heteroatoms. The highest BCUT2D eigenvalue weighted by molar-refractivity contribution is 6.21. The van der Waals surface area contributed by atoms with Crippen LogP contribution in [0.4, 0.5) is 0 Å². The summed E-state index contributed by atoms with van der Waals surface area (Å²) in [4.78, 5) is 0. The molecule has 6 aromatic carbocycles. The van der Waals surface area contributed by atoms with Gasteiger partial charge in [-0.15, -0.1) is 0 Å². The summed E-state index contributed by atoms with van der Waals surface area (Å²) >= 11 is 0. The first-order valence-corrected chi connectivity index (χ1v) is 14.9. The van der Waals surface area contributed by atoms with E-state index in [0.717, 1.165) is 0 Å². The summed E-state index contributed by atoms with van der Waals surface area (Å²) in [5.74, 6) is 0.613. The van der Waals surface area contributed by atoms with Gasteiger partial charge in [-0.2, -0.15) is 0 Å². The zero-order chi connectivity index (χ0) is 27.1. The Balaban J connectivity index is 1.24. The molecule has 42 heavy (non-hydrogen) atoms. The fourth-order valence-electron chi connectivity index (χ4n) is 8.48. The van der Waals surface area contributed by atoms with Crippen molar-refractivity contribution in [2.75, 3.05) is 0 Å². The molecule has 0 aliphatic heterocycles. The Bertz CT molecular complexity index is 2690. The molecule has 2 unspecified atom stereocenters. The second-order valence-corrected chi connectivity index (χ2v) is 12.1.